The molecule has 1 aromatic rings. The van der Waals surface area contributed by atoms with E-state index in [0.29, 0.717) is 18.4 Å². The third-order valence-electron chi connectivity index (χ3n) is 4.11. The first-order valence-electron chi connectivity index (χ1n) is 6.68. The SMILES string of the molecule is CCC1CCC(CN)C(c2cnc(C(F)(F)F)s2)C1. The molecule has 1 aliphatic carbocycles. The second-order valence-electron chi connectivity index (χ2n) is 5.26. The minimum absolute atomic E-state index is 0.150. The molecule has 1 saturated carbocycles. The second-order valence-corrected chi connectivity index (χ2v) is 6.32. The van der Waals surface area contributed by atoms with Gasteiger partial charge >= 0.3 is 6.18 Å². The van der Waals surface area contributed by atoms with E-state index >= 15 is 0 Å². The third-order valence-corrected chi connectivity index (χ3v) is 5.29. The zero-order valence-electron chi connectivity index (χ0n) is 10.9. The molecule has 1 aliphatic rings. The van der Waals surface area contributed by atoms with Crippen LogP contribution in [-0.4, -0.2) is 11.5 Å². The van der Waals surface area contributed by atoms with Crippen LogP contribution < -0.4 is 5.73 Å². The molecule has 2 nitrogen and oxygen atoms in total. The Kier molecular flexibility index (Phi) is 4.50. The molecule has 1 aromatic heterocycles. The van der Waals surface area contributed by atoms with Gasteiger partial charge < -0.3 is 5.73 Å². The van der Waals surface area contributed by atoms with E-state index < -0.39 is 11.2 Å². The minimum Gasteiger partial charge on any atom is -0.330 e. The van der Waals surface area contributed by atoms with Gasteiger partial charge in [0.1, 0.15) is 0 Å². The number of rotatable bonds is 3. The molecule has 0 saturated heterocycles. The van der Waals surface area contributed by atoms with Crippen molar-refractivity contribution in [3.05, 3.63) is 16.1 Å². The van der Waals surface area contributed by atoms with Gasteiger partial charge in [0.15, 0.2) is 5.01 Å². The highest BCUT2D eigenvalue weighted by molar-refractivity contribution is 7.11. The van der Waals surface area contributed by atoms with Gasteiger partial charge in [-0.05, 0) is 37.1 Å². The summed E-state index contributed by atoms with van der Waals surface area (Å²) in [6.45, 7) is 2.68. The van der Waals surface area contributed by atoms with Gasteiger partial charge in [0.2, 0.25) is 0 Å². The summed E-state index contributed by atoms with van der Waals surface area (Å²) in [5.74, 6) is 1.05. The Morgan fingerprint density at radius 3 is 2.68 bits per heavy atom. The molecule has 1 heterocycles. The van der Waals surface area contributed by atoms with Crippen LogP contribution in [0.4, 0.5) is 13.2 Å². The van der Waals surface area contributed by atoms with Crippen LogP contribution in [0.25, 0.3) is 0 Å². The molecule has 6 heteroatoms. The largest absolute Gasteiger partial charge is 0.443 e. The molecule has 0 amide bonds. The van der Waals surface area contributed by atoms with Crippen LogP contribution in [0, 0.1) is 11.8 Å². The second kappa shape index (κ2) is 5.79. The summed E-state index contributed by atoms with van der Waals surface area (Å²) in [5.41, 5.74) is 5.77. The van der Waals surface area contributed by atoms with Crippen molar-refractivity contribution in [3.63, 3.8) is 0 Å². The zero-order valence-corrected chi connectivity index (χ0v) is 11.7. The Bertz CT molecular complexity index is 416. The summed E-state index contributed by atoms with van der Waals surface area (Å²) in [4.78, 5) is 4.29. The number of nitrogens with zero attached hydrogens (tertiary/aromatic N) is 1. The maximum atomic E-state index is 12.6. The van der Waals surface area contributed by atoms with Gasteiger partial charge in [0, 0.05) is 11.1 Å². The number of alkyl halides is 3. The normalized spacial score (nSPS) is 28.6. The minimum atomic E-state index is -4.33. The van der Waals surface area contributed by atoms with Crippen molar-refractivity contribution in [1.82, 2.24) is 4.98 Å². The third kappa shape index (κ3) is 3.28. The summed E-state index contributed by atoms with van der Waals surface area (Å²) in [7, 11) is 0. The van der Waals surface area contributed by atoms with Crippen LogP contribution in [0.3, 0.4) is 0 Å². The number of halogens is 3. The molecule has 0 aromatic carbocycles. The molecule has 2 rings (SSSR count). The smallest absolute Gasteiger partial charge is 0.330 e. The van der Waals surface area contributed by atoms with Crippen molar-refractivity contribution < 1.29 is 13.2 Å². The topological polar surface area (TPSA) is 38.9 Å². The van der Waals surface area contributed by atoms with Crippen molar-refractivity contribution in [2.45, 2.75) is 44.7 Å². The number of hydrogen-bond donors (Lipinski definition) is 1. The van der Waals surface area contributed by atoms with Crippen molar-refractivity contribution in [3.8, 4) is 0 Å². The highest BCUT2D eigenvalue weighted by atomic mass is 32.1. The fourth-order valence-corrected chi connectivity index (χ4v) is 3.90. The molecule has 19 heavy (non-hydrogen) atoms. The van der Waals surface area contributed by atoms with Crippen molar-refractivity contribution in [2.75, 3.05) is 6.54 Å². The fraction of sp³-hybridized carbons (Fsp3) is 0.769. The quantitative estimate of drug-likeness (QED) is 0.913. The number of aromatic nitrogens is 1. The van der Waals surface area contributed by atoms with Gasteiger partial charge in [0.05, 0.1) is 0 Å². The van der Waals surface area contributed by atoms with E-state index in [0.717, 1.165) is 41.9 Å². The summed E-state index contributed by atoms with van der Waals surface area (Å²) in [6.07, 6.45) is 1.24. The molecule has 2 N–H and O–H groups in total. The van der Waals surface area contributed by atoms with E-state index in [2.05, 4.69) is 11.9 Å². The molecule has 0 radical (unpaired) electrons. The lowest BCUT2D eigenvalue weighted by molar-refractivity contribution is -0.137. The van der Waals surface area contributed by atoms with Gasteiger partial charge in [0.25, 0.3) is 0 Å². The molecule has 3 unspecified atom stereocenters. The molecule has 3 atom stereocenters. The molecular formula is C13H19F3N2S. The van der Waals surface area contributed by atoms with E-state index in [-0.39, 0.29) is 5.92 Å². The fourth-order valence-electron chi connectivity index (χ4n) is 2.91. The van der Waals surface area contributed by atoms with E-state index in [1.807, 2.05) is 0 Å². The van der Waals surface area contributed by atoms with Crippen LogP contribution in [0.2, 0.25) is 0 Å². The van der Waals surface area contributed by atoms with Crippen LogP contribution in [0.5, 0.6) is 0 Å². The average Bonchev–Trinajstić information content (AvgIpc) is 2.87. The molecular weight excluding hydrogens is 273 g/mol. The van der Waals surface area contributed by atoms with Gasteiger partial charge in [-0.25, -0.2) is 4.98 Å². The number of nitrogens with two attached hydrogens (primary N) is 1. The lowest BCUT2D eigenvalue weighted by atomic mass is 9.73. The summed E-state index contributed by atoms with van der Waals surface area (Å²) in [6, 6.07) is 0. The van der Waals surface area contributed by atoms with E-state index in [1.165, 1.54) is 6.20 Å². The molecule has 0 aliphatic heterocycles. The highest BCUT2D eigenvalue weighted by Gasteiger charge is 2.37. The molecule has 108 valence electrons. The Balaban J connectivity index is 2.19. The summed E-state index contributed by atoms with van der Waals surface area (Å²) in [5, 5.41) is -0.739. The molecule has 0 bridgehead atoms. The zero-order chi connectivity index (χ0) is 14.0. The lowest BCUT2D eigenvalue weighted by Crippen LogP contribution is -2.28. The first kappa shape index (κ1) is 14.8. The Morgan fingerprint density at radius 1 is 1.42 bits per heavy atom. The maximum Gasteiger partial charge on any atom is 0.443 e. The first-order chi connectivity index (χ1) is 8.95. The highest BCUT2D eigenvalue weighted by Crippen LogP contribution is 2.44. The number of thiazole rings is 1. The van der Waals surface area contributed by atoms with E-state index in [4.69, 9.17) is 5.73 Å². The molecule has 0 spiro atoms. The lowest BCUT2D eigenvalue weighted by Gasteiger charge is -2.34. The maximum absolute atomic E-state index is 12.6. The van der Waals surface area contributed by atoms with Crippen LogP contribution >= 0.6 is 11.3 Å². The molecule has 1 fully saturated rings. The Morgan fingerprint density at radius 2 is 2.16 bits per heavy atom. The van der Waals surface area contributed by atoms with Crippen LogP contribution in [-0.2, 0) is 6.18 Å². The Labute approximate surface area is 115 Å². The van der Waals surface area contributed by atoms with Crippen molar-refractivity contribution in [1.29, 1.82) is 0 Å². The number of hydrogen-bond acceptors (Lipinski definition) is 3. The van der Waals surface area contributed by atoms with E-state index in [9.17, 15) is 13.2 Å². The van der Waals surface area contributed by atoms with Gasteiger partial charge in [-0.2, -0.15) is 13.2 Å². The standard InChI is InChI=1S/C13H19F3N2S/c1-2-8-3-4-9(6-17)10(5-8)11-7-18-12(19-11)13(14,15)16/h7-10H,2-6,17H2,1H3. The summed E-state index contributed by atoms with van der Waals surface area (Å²) < 4.78 is 37.8. The van der Waals surface area contributed by atoms with Crippen molar-refractivity contribution in [2.24, 2.45) is 17.6 Å². The van der Waals surface area contributed by atoms with Crippen LogP contribution in [0.15, 0.2) is 6.20 Å². The van der Waals surface area contributed by atoms with Crippen LogP contribution in [0.1, 0.15) is 48.4 Å². The predicted molar refractivity (Wildman–Crippen MR) is 70.0 cm³/mol. The van der Waals surface area contributed by atoms with Gasteiger partial charge in [-0.3, -0.25) is 0 Å². The predicted octanol–water partition coefficient (Wildman–Crippen LogP) is 4.03. The first-order valence-corrected chi connectivity index (χ1v) is 7.50. The monoisotopic (exact) mass is 292 g/mol. The van der Waals surface area contributed by atoms with Gasteiger partial charge in [-0.1, -0.05) is 19.8 Å². The average molecular weight is 292 g/mol. The summed E-state index contributed by atoms with van der Waals surface area (Å²) >= 11 is 0.786. The Hall–Kier alpha value is -0.620. The van der Waals surface area contributed by atoms with E-state index in [1.54, 1.807) is 0 Å². The van der Waals surface area contributed by atoms with Gasteiger partial charge in [-0.15, -0.1) is 11.3 Å². The van der Waals surface area contributed by atoms with Crippen molar-refractivity contribution >= 4 is 11.3 Å².